The molecule has 0 aliphatic heterocycles. The summed E-state index contributed by atoms with van der Waals surface area (Å²) in [7, 11) is 3.08. The largest absolute Gasteiger partial charge is 0.464 e. The number of carbonyl (C=O) groups excluding carboxylic acids is 2. The average Bonchev–Trinajstić information content (AvgIpc) is 2.56. The number of hydrogen-bond acceptors (Lipinski definition) is 3. The number of nitrogens with zero attached hydrogens (tertiary/aromatic N) is 1. The van der Waals surface area contributed by atoms with Gasteiger partial charge in [-0.1, -0.05) is 0 Å². The van der Waals surface area contributed by atoms with Crippen molar-refractivity contribution < 1.29 is 14.3 Å². The summed E-state index contributed by atoms with van der Waals surface area (Å²) in [5.74, 6) is -0.421. The van der Waals surface area contributed by atoms with Crippen LogP contribution in [-0.4, -0.2) is 23.4 Å². The monoisotopic (exact) mass is 207 g/mol. The van der Waals surface area contributed by atoms with Crippen molar-refractivity contribution in [2.75, 3.05) is 7.11 Å². The summed E-state index contributed by atoms with van der Waals surface area (Å²) < 4.78 is 6.28. The van der Waals surface area contributed by atoms with Crippen molar-refractivity contribution in [3.63, 3.8) is 0 Å². The van der Waals surface area contributed by atoms with E-state index < -0.39 is 0 Å². The first-order valence-electron chi connectivity index (χ1n) is 4.49. The lowest BCUT2D eigenvalue weighted by Crippen LogP contribution is -2.08. The standard InChI is InChI=1S/C11H13NO3/c1-8(13)4-5-9-6-7-10(12(9)2)11(14)15-3/h4-7H,1-3H3/b5-4+. The molecule has 0 bridgehead atoms. The first kappa shape index (κ1) is 11.2. The Bertz CT molecular complexity index is 415. The van der Waals surface area contributed by atoms with E-state index in [0.29, 0.717) is 5.69 Å². The first-order chi connectivity index (χ1) is 7.06. The normalized spacial score (nSPS) is 10.6. The van der Waals surface area contributed by atoms with Gasteiger partial charge in [0.25, 0.3) is 0 Å². The third kappa shape index (κ3) is 2.56. The molecule has 15 heavy (non-hydrogen) atoms. The van der Waals surface area contributed by atoms with Gasteiger partial charge >= 0.3 is 5.97 Å². The zero-order valence-corrected chi connectivity index (χ0v) is 8.98. The fourth-order valence-corrected chi connectivity index (χ4v) is 1.21. The minimum absolute atomic E-state index is 0.0316. The summed E-state index contributed by atoms with van der Waals surface area (Å²) in [4.78, 5) is 22.0. The first-order valence-corrected chi connectivity index (χ1v) is 4.49. The van der Waals surface area contributed by atoms with Gasteiger partial charge < -0.3 is 9.30 Å². The van der Waals surface area contributed by atoms with Crippen LogP contribution in [0.4, 0.5) is 0 Å². The Morgan fingerprint density at radius 2 is 2.07 bits per heavy atom. The molecular weight excluding hydrogens is 194 g/mol. The third-order valence-corrected chi connectivity index (χ3v) is 2.04. The van der Waals surface area contributed by atoms with Gasteiger partial charge in [0, 0.05) is 12.7 Å². The van der Waals surface area contributed by atoms with Crippen LogP contribution in [0.25, 0.3) is 6.08 Å². The average molecular weight is 207 g/mol. The van der Waals surface area contributed by atoms with E-state index in [1.165, 1.54) is 20.1 Å². The summed E-state index contributed by atoms with van der Waals surface area (Å²) in [6.45, 7) is 1.47. The van der Waals surface area contributed by atoms with Gasteiger partial charge in [-0.05, 0) is 31.2 Å². The van der Waals surface area contributed by atoms with Crippen molar-refractivity contribution >= 4 is 17.8 Å². The number of esters is 1. The molecule has 0 aliphatic rings. The number of rotatable bonds is 3. The predicted octanol–water partition coefficient (Wildman–Crippen LogP) is 1.41. The van der Waals surface area contributed by atoms with Gasteiger partial charge in [0.15, 0.2) is 5.78 Å². The van der Waals surface area contributed by atoms with Gasteiger partial charge in [0.2, 0.25) is 0 Å². The highest BCUT2D eigenvalue weighted by Crippen LogP contribution is 2.10. The minimum Gasteiger partial charge on any atom is -0.464 e. The Morgan fingerprint density at radius 1 is 1.40 bits per heavy atom. The fraction of sp³-hybridized carbons (Fsp3) is 0.273. The Morgan fingerprint density at radius 3 is 2.60 bits per heavy atom. The third-order valence-electron chi connectivity index (χ3n) is 2.04. The Labute approximate surface area is 88.2 Å². The second kappa shape index (κ2) is 4.59. The second-order valence-electron chi connectivity index (χ2n) is 3.14. The molecule has 0 aliphatic carbocycles. The Hall–Kier alpha value is -1.84. The maximum Gasteiger partial charge on any atom is 0.354 e. The molecule has 0 atom stereocenters. The molecule has 0 unspecified atom stereocenters. The molecule has 80 valence electrons. The van der Waals surface area contributed by atoms with Crippen LogP contribution < -0.4 is 0 Å². The highest BCUT2D eigenvalue weighted by molar-refractivity contribution is 5.92. The van der Waals surface area contributed by atoms with Gasteiger partial charge in [-0.15, -0.1) is 0 Å². The van der Waals surface area contributed by atoms with Crippen molar-refractivity contribution in [1.82, 2.24) is 4.57 Å². The van der Waals surface area contributed by atoms with E-state index in [4.69, 9.17) is 0 Å². The highest BCUT2D eigenvalue weighted by atomic mass is 16.5. The smallest absolute Gasteiger partial charge is 0.354 e. The fourth-order valence-electron chi connectivity index (χ4n) is 1.21. The zero-order chi connectivity index (χ0) is 11.4. The second-order valence-corrected chi connectivity index (χ2v) is 3.14. The number of allylic oxidation sites excluding steroid dienone is 1. The quantitative estimate of drug-likeness (QED) is 0.556. The number of aromatic nitrogens is 1. The molecule has 0 saturated heterocycles. The summed E-state index contributed by atoms with van der Waals surface area (Å²) >= 11 is 0. The van der Waals surface area contributed by atoms with E-state index in [1.807, 2.05) is 0 Å². The molecule has 1 rings (SSSR count). The van der Waals surface area contributed by atoms with E-state index >= 15 is 0 Å². The molecule has 0 N–H and O–H groups in total. The molecule has 4 nitrogen and oxygen atoms in total. The molecule has 0 saturated carbocycles. The van der Waals surface area contributed by atoms with E-state index in [1.54, 1.807) is 29.8 Å². The lowest BCUT2D eigenvalue weighted by molar-refractivity contribution is -0.112. The Kier molecular flexibility index (Phi) is 3.44. The zero-order valence-electron chi connectivity index (χ0n) is 8.98. The minimum atomic E-state index is -0.389. The molecule has 4 heteroatoms. The predicted molar refractivity (Wildman–Crippen MR) is 56.5 cm³/mol. The van der Waals surface area contributed by atoms with Gasteiger partial charge in [-0.25, -0.2) is 4.79 Å². The van der Waals surface area contributed by atoms with Crippen LogP contribution in [0.2, 0.25) is 0 Å². The lowest BCUT2D eigenvalue weighted by Gasteiger charge is -2.02. The maximum absolute atomic E-state index is 11.3. The van der Waals surface area contributed by atoms with Crippen LogP contribution in [-0.2, 0) is 16.6 Å². The van der Waals surface area contributed by atoms with Gasteiger partial charge in [-0.2, -0.15) is 0 Å². The van der Waals surface area contributed by atoms with Crippen LogP contribution in [0.3, 0.4) is 0 Å². The van der Waals surface area contributed by atoms with Crippen molar-refractivity contribution in [3.05, 3.63) is 29.6 Å². The van der Waals surface area contributed by atoms with Crippen LogP contribution in [0, 0.1) is 0 Å². The van der Waals surface area contributed by atoms with Crippen molar-refractivity contribution in [2.24, 2.45) is 7.05 Å². The van der Waals surface area contributed by atoms with Crippen LogP contribution in [0.5, 0.6) is 0 Å². The summed E-state index contributed by atoms with van der Waals surface area (Å²) in [5.41, 5.74) is 1.24. The number of methoxy groups -OCH3 is 1. The number of ketones is 1. The highest BCUT2D eigenvalue weighted by Gasteiger charge is 2.10. The summed E-state index contributed by atoms with van der Waals surface area (Å²) in [6.07, 6.45) is 3.12. The van der Waals surface area contributed by atoms with Crippen molar-refractivity contribution in [2.45, 2.75) is 6.92 Å². The van der Waals surface area contributed by atoms with Gasteiger partial charge in [-0.3, -0.25) is 4.79 Å². The SMILES string of the molecule is COC(=O)c1ccc(/C=C/C(C)=O)n1C. The number of hydrogen-bond donors (Lipinski definition) is 0. The molecular formula is C11H13NO3. The van der Waals surface area contributed by atoms with Crippen LogP contribution in [0.15, 0.2) is 18.2 Å². The molecule has 1 aromatic rings. The molecule has 0 amide bonds. The number of ether oxygens (including phenoxy) is 1. The Balaban J connectivity index is 2.99. The molecule has 0 spiro atoms. The molecule has 1 heterocycles. The van der Waals surface area contributed by atoms with E-state index in [2.05, 4.69) is 4.74 Å². The van der Waals surface area contributed by atoms with E-state index in [-0.39, 0.29) is 11.8 Å². The maximum atomic E-state index is 11.3. The van der Waals surface area contributed by atoms with E-state index in [9.17, 15) is 9.59 Å². The van der Waals surface area contributed by atoms with Crippen molar-refractivity contribution in [3.8, 4) is 0 Å². The van der Waals surface area contributed by atoms with E-state index in [0.717, 1.165) is 5.69 Å². The van der Waals surface area contributed by atoms with Crippen molar-refractivity contribution in [1.29, 1.82) is 0 Å². The topological polar surface area (TPSA) is 48.3 Å². The van der Waals surface area contributed by atoms with Gasteiger partial charge in [0.05, 0.1) is 7.11 Å². The summed E-state index contributed by atoms with van der Waals surface area (Å²) in [6, 6.07) is 3.41. The molecule has 0 radical (unpaired) electrons. The van der Waals surface area contributed by atoms with Gasteiger partial charge in [0.1, 0.15) is 5.69 Å². The molecule has 1 aromatic heterocycles. The number of carbonyl (C=O) groups is 2. The van der Waals surface area contributed by atoms with Crippen LogP contribution in [0.1, 0.15) is 23.1 Å². The summed E-state index contributed by atoms with van der Waals surface area (Å²) in [5, 5.41) is 0. The van der Waals surface area contributed by atoms with Crippen LogP contribution >= 0.6 is 0 Å². The molecule has 0 fully saturated rings. The lowest BCUT2D eigenvalue weighted by atomic mass is 10.3. The molecule has 0 aromatic carbocycles.